The molecule has 0 aromatic carbocycles. The van der Waals surface area contributed by atoms with E-state index in [2.05, 4.69) is 5.32 Å². The second-order valence-electron chi connectivity index (χ2n) is 4.32. The molecule has 0 saturated heterocycles. The molecule has 0 aromatic heterocycles. The van der Waals surface area contributed by atoms with Crippen LogP contribution < -0.4 is 5.32 Å². The number of halogens is 1. The van der Waals surface area contributed by atoms with E-state index < -0.39 is 0 Å². The molecule has 1 unspecified atom stereocenters. The van der Waals surface area contributed by atoms with Gasteiger partial charge in [-0.25, -0.2) is 0 Å². The van der Waals surface area contributed by atoms with E-state index in [1.54, 1.807) is 0 Å². The topological polar surface area (TPSA) is 29.1 Å². The molecule has 3 saturated carbocycles. The van der Waals surface area contributed by atoms with Crippen LogP contribution in [0.1, 0.15) is 32.1 Å². The minimum Gasteiger partial charge on any atom is -0.352 e. The zero-order chi connectivity index (χ0) is 9.26. The Morgan fingerprint density at radius 1 is 1.31 bits per heavy atom. The standard InChI is InChI=1S/C10H16ClNO/c11-6-10(13)12-9-5-7-1-3-8(9)4-2-7/h7-9H,1-6H2,(H,12,13). The van der Waals surface area contributed by atoms with Crippen molar-refractivity contribution in [2.75, 3.05) is 5.88 Å². The van der Waals surface area contributed by atoms with Crippen molar-refractivity contribution in [3.8, 4) is 0 Å². The zero-order valence-electron chi connectivity index (χ0n) is 7.76. The van der Waals surface area contributed by atoms with E-state index >= 15 is 0 Å². The Balaban J connectivity index is 1.90. The van der Waals surface area contributed by atoms with Crippen LogP contribution in [-0.2, 0) is 4.79 Å². The SMILES string of the molecule is O=C(CCl)NC1CC2CCC1CC2. The predicted octanol–water partition coefficient (Wildman–Crippen LogP) is 1.92. The van der Waals surface area contributed by atoms with Crippen LogP contribution in [0.25, 0.3) is 0 Å². The van der Waals surface area contributed by atoms with Gasteiger partial charge in [-0.1, -0.05) is 12.8 Å². The van der Waals surface area contributed by atoms with E-state index in [9.17, 15) is 4.79 Å². The lowest BCUT2D eigenvalue weighted by molar-refractivity contribution is -0.120. The number of carbonyl (C=O) groups excluding carboxylic acids is 1. The summed E-state index contributed by atoms with van der Waals surface area (Å²) in [6.45, 7) is 0. The molecule has 0 heterocycles. The maximum atomic E-state index is 11.1. The van der Waals surface area contributed by atoms with E-state index in [-0.39, 0.29) is 11.8 Å². The van der Waals surface area contributed by atoms with Gasteiger partial charge in [-0.3, -0.25) is 4.79 Å². The van der Waals surface area contributed by atoms with Crippen LogP contribution in [0.5, 0.6) is 0 Å². The second-order valence-corrected chi connectivity index (χ2v) is 4.59. The highest BCUT2D eigenvalue weighted by Gasteiger charge is 2.35. The highest BCUT2D eigenvalue weighted by atomic mass is 35.5. The van der Waals surface area contributed by atoms with E-state index in [1.807, 2.05) is 0 Å². The minimum atomic E-state index is -0.000725. The van der Waals surface area contributed by atoms with E-state index in [4.69, 9.17) is 11.6 Å². The molecule has 2 nitrogen and oxygen atoms in total. The molecular formula is C10H16ClNO. The predicted molar refractivity (Wildman–Crippen MR) is 52.7 cm³/mol. The fourth-order valence-electron chi connectivity index (χ4n) is 2.80. The maximum absolute atomic E-state index is 11.1. The third-order valence-corrected chi connectivity index (χ3v) is 3.76. The summed E-state index contributed by atoms with van der Waals surface area (Å²) in [6.07, 6.45) is 6.54. The zero-order valence-corrected chi connectivity index (χ0v) is 8.52. The van der Waals surface area contributed by atoms with Crippen molar-refractivity contribution in [1.82, 2.24) is 5.32 Å². The van der Waals surface area contributed by atoms with Crippen LogP contribution in [0.2, 0.25) is 0 Å². The smallest absolute Gasteiger partial charge is 0.235 e. The van der Waals surface area contributed by atoms with Gasteiger partial charge in [-0.2, -0.15) is 0 Å². The van der Waals surface area contributed by atoms with E-state index in [0.717, 1.165) is 11.8 Å². The molecule has 3 fully saturated rings. The second kappa shape index (κ2) is 3.87. The van der Waals surface area contributed by atoms with Crippen molar-refractivity contribution in [2.24, 2.45) is 11.8 Å². The average molecular weight is 202 g/mol. The molecule has 0 aromatic rings. The van der Waals surface area contributed by atoms with E-state index in [0.29, 0.717) is 6.04 Å². The van der Waals surface area contributed by atoms with Crippen molar-refractivity contribution in [3.05, 3.63) is 0 Å². The molecule has 0 aliphatic heterocycles. The van der Waals surface area contributed by atoms with Gasteiger partial charge in [0.2, 0.25) is 5.91 Å². The molecule has 0 spiro atoms. The number of carbonyl (C=O) groups is 1. The summed E-state index contributed by atoms with van der Waals surface area (Å²) in [5, 5.41) is 3.03. The molecule has 2 bridgehead atoms. The first-order valence-electron chi connectivity index (χ1n) is 5.15. The van der Waals surface area contributed by atoms with Crippen LogP contribution in [0, 0.1) is 11.8 Å². The van der Waals surface area contributed by atoms with Crippen molar-refractivity contribution in [2.45, 2.75) is 38.1 Å². The molecular weight excluding hydrogens is 186 g/mol. The van der Waals surface area contributed by atoms with Gasteiger partial charge in [0.1, 0.15) is 5.88 Å². The molecule has 1 amide bonds. The Morgan fingerprint density at radius 3 is 2.46 bits per heavy atom. The monoisotopic (exact) mass is 201 g/mol. The van der Waals surface area contributed by atoms with Crippen molar-refractivity contribution < 1.29 is 4.79 Å². The van der Waals surface area contributed by atoms with Gasteiger partial charge >= 0.3 is 0 Å². The Kier molecular flexibility index (Phi) is 2.77. The van der Waals surface area contributed by atoms with Crippen molar-refractivity contribution >= 4 is 17.5 Å². The maximum Gasteiger partial charge on any atom is 0.235 e. The summed E-state index contributed by atoms with van der Waals surface area (Å²) in [5.74, 6) is 1.70. The van der Waals surface area contributed by atoms with Crippen LogP contribution in [0.4, 0.5) is 0 Å². The first kappa shape index (κ1) is 9.32. The first-order valence-corrected chi connectivity index (χ1v) is 5.68. The quantitative estimate of drug-likeness (QED) is 0.680. The summed E-state index contributed by atoms with van der Waals surface area (Å²) in [6, 6.07) is 0.429. The lowest BCUT2D eigenvalue weighted by Gasteiger charge is -2.42. The number of fused-ring (bicyclic) bond motifs is 3. The fraction of sp³-hybridized carbons (Fsp3) is 0.900. The molecule has 3 aliphatic carbocycles. The molecule has 1 atom stereocenters. The summed E-state index contributed by atoms with van der Waals surface area (Å²) in [7, 11) is 0. The van der Waals surface area contributed by atoms with E-state index in [1.165, 1.54) is 32.1 Å². The molecule has 74 valence electrons. The van der Waals surface area contributed by atoms with Gasteiger partial charge < -0.3 is 5.32 Å². The summed E-state index contributed by atoms with van der Waals surface area (Å²) >= 11 is 5.46. The highest BCUT2D eigenvalue weighted by molar-refractivity contribution is 6.27. The summed E-state index contributed by atoms with van der Waals surface area (Å²) in [5.41, 5.74) is 0. The lowest BCUT2D eigenvalue weighted by Crippen LogP contribution is -2.47. The fourth-order valence-corrected chi connectivity index (χ4v) is 2.88. The Morgan fingerprint density at radius 2 is 2.00 bits per heavy atom. The number of nitrogens with one attached hydrogen (secondary N) is 1. The largest absolute Gasteiger partial charge is 0.352 e. The normalized spacial score (nSPS) is 37.5. The average Bonchev–Trinajstić information content (AvgIpc) is 2.19. The van der Waals surface area contributed by atoms with Gasteiger partial charge in [0, 0.05) is 6.04 Å². The van der Waals surface area contributed by atoms with Crippen LogP contribution in [0.3, 0.4) is 0 Å². The van der Waals surface area contributed by atoms with Gasteiger partial charge in [-0.05, 0) is 31.1 Å². The van der Waals surface area contributed by atoms with Crippen LogP contribution in [0.15, 0.2) is 0 Å². The van der Waals surface area contributed by atoms with Crippen LogP contribution >= 0.6 is 11.6 Å². The molecule has 0 radical (unpaired) electrons. The third kappa shape index (κ3) is 1.98. The molecule has 3 heteroatoms. The van der Waals surface area contributed by atoms with Crippen LogP contribution in [-0.4, -0.2) is 17.8 Å². The van der Waals surface area contributed by atoms with Crippen molar-refractivity contribution in [3.63, 3.8) is 0 Å². The van der Waals surface area contributed by atoms with Gasteiger partial charge in [-0.15, -0.1) is 11.6 Å². The summed E-state index contributed by atoms with van der Waals surface area (Å²) < 4.78 is 0. The van der Waals surface area contributed by atoms with Gasteiger partial charge in [0.25, 0.3) is 0 Å². The molecule has 1 N–H and O–H groups in total. The number of alkyl halides is 1. The highest BCUT2D eigenvalue weighted by Crippen LogP contribution is 2.41. The van der Waals surface area contributed by atoms with Gasteiger partial charge in [0.15, 0.2) is 0 Å². The third-order valence-electron chi connectivity index (χ3n) is 3.52. The number of hydrogen-bond donors (Lipinski definition) is 1. The van der Waals surface area contributed by atoms with Crippen molar-refractivity contribution in [1.29, 1.82) is 0 Å². The first-order chi connectivity index (χ1) is 6.29. The molecule has 13 heavy (non-hydrogen) atoms. The summed E-state index contributed by atoms with van der Waals surface area (Å²) in [4.78, 5) is 11.1. The Bertz CT molecular complexity index is 199. The minimum absolute atomic E-state index is 0.000725. The number of hydrogen-bond acceptors (Lipinski definition) is 1. The number of amides is 1. The molecule has 3 aliphatic rings. The van der Waals surface area contributed by atoms with Gasteiger partial charge in [0.05, 0.1) is 0 Å². The Hall–Kier alpha value is -0.240. The molecule has 3 rings (SSSR count). The Labute approximate surface area is 84.0 Å². The lowest BCUT2D eigenvalue weighted by atomic mass is 9.68. The number of rotatable bonds is 2.